The van der Waals surface area contributed by atoms with E-state index < -0.39 is 0 Å². The Morgan fingerprint density at radius 2 is 2.05 bits per heavy atom. The third-order valence-corrected chi connectivity index (χ3v) is 3.39. The van der Waals surface area contributed by atoms with E-state index in [1.54, 1.807) is 6.20 Å². The van der Waals surface area contributed by atoms with Gasteiger partial charge in [0, 0.05) is 18.3 Å². The summed E-state index contributed by atoms with van der Waals surface area (Å²) >= 11 is 0. The number of carbonyl (C=O) groups is 1. The topological polar surface area (TPSA) is 50.2 Å². The van der Waals surface area contributed by atoms with Gasteiger partial charge in [-0.3, -0.25) is 4.79 Å². The highest BCUT2D eigenvalue weighted by Crippen LogP contribution is 2.27. The number of anilines is 2. The maximum absolute atomic E-state index is 12.4. The van der Waals surface area contributed by atoms with Crippen molar-refractivity contribution >= 4 is 17.3 Å². The largest absolute Gasteiger partial charge is 1.00 e. The predicted molar refractivity (Wildman–Crippen MR) is 73.5 cm³/mol. The lowest BCUT2D eigenvalue weighted by atomic mass is 10.2. The second-order valence-electron chi connectivity index (χ2n) is 4.73. The Kier molecular flexibility index (Phi) is 4.25. The van der Waals surface area contributed by atoms with Crippen molar-refractivity contribution in [3.8, 4) is 0 Å². The predicted octanol–water partition coefficient (Wildman–Crippen LogP) is -1.85. The van der Waals surface area contributed by atoms with Crippen molar-refractivity contribution in [1.82, 2.24) is 0 Å². The number of pyridine rings is 1. The number of nitrogen functional groups attached to an aromatic ring is 1. The molecule has 0 radical (unpaired) electrons. The number of para-hydroxylation sites is 1. The number of rotatable bonds is 2. The van der Waals surface area contributed by atoms with Gasteiger partial charge in [-0.2, -0.15) is 4.57 Å². The number of fused-ring (bicyclic) bond motifs is 1. The van der Waals surface area contributed by atoms with Gasteiger partial charge in [0.05, 0.1) is 5.69 Å². The molecule has 0 aliphatic carbocycles. The standard InChI is InChI=1S/C15H16N3O.ClH/c16-13-5-3-8-17(10-13)11-15(19)18-9-7-12-4-1-2-6-14(12)18;/h1-6,8,10H,7,9,11,16H2;1H/q+1;/p-1. The quantitative estimate of drug-likeness (QED) is 0.660. The molecule has 1 aliphatic rings. The van der Waals surface area contributed by atoms with E-state index >= 15 is 0 Å². The van der Waals surface area contributed by atoms with E-state index in [2.05, 4.69) is 6.07 Å². The van der Waals surface area contributed by atoms with Crippen LogP contribution in [0.4, 0.5) is 11.4 Å². The van der Waals surface area contributed by atoms with Crippen molar-refractivity contribution in [3.63, 3.8) is 0 Å². The van der Waals surface area contributed by atoms with Crippen LogP contribution in [0.3, 0.4) is 0 Å². The monoisotopic (exact) mass is 289 g/mol. The lowest BCUT2D eigenvalue weighted by Crippen LogP contribution is -3.00. The molecule has 4 nitrogen and oxygen atoms in total. The summed E-state index contributed by atoms with van der Waals surface area (Å²) in [5.74, 6) is 0.0977. The lowest BCUT2D eigenvalue weighted by molar-refractivity contribution is -0.683. The normalized spacial score (nSPS) is 12.7. The first-order chi connectivity index (χ1) is 9.24. The number of hydrogen-bond donors (Lipinski definition) is 1. The average molecular weight is 290 g/mol. The summed E-state index contributed by atoms with van der Waals surface area (Å²) in [5.41, 5.74) is 8.67. The number of carbonyl (C=O) groups excluding carboxylic acids is 1. The smallest absolute Gasteiger partial charge is 0.292 e. The molecule has 1 aromatic carbocycles. The number of nitrogens with two attached hydrogens (primary N) is 1. The summed E-state index contributed by atoms with van der Waals surface area (Å²) in [4.78, 5) is 14.2. The van der Waals surface area contributed by atoms with Crippen molar-refractivity contribution < 1.29 is 21.8 Å². The number of amides is 1. The Morgan fingerprint density at radius 3 is 2.85 bits per heavy atom. The summed E-state index contributed by atoms with van der Waals surface area (Å²) in [5, 5.41) is 0. The highest BCUT2D eigenvalue weighted by molar-refractivity contribution is 5.94. The minimum absolute atomic E-state index is 0. The van der Waals surface area contributed by atoms with Crippen molar-refractivity contribution in [2.24, 2.45) is 0 Å². The van der Waals surface area contributed by atoms with Crippen molar-refractivity contribution in [2.45, 2.75) is 13.0 Å². The van der Waals surface area contributed by atoms with Crippen LogP contribution in [0.1, 0.15) is 5.56 Å². The molecule has 5 heteroatoms. The molecule has 0 unspecified atom stereocenters. The molecule has 1 aromatic heterocycles. The average Bonchev–Trinajstić information content (AvgIpc) is 2.82. The third kappa shape index (κ3) is 2.75. The number of halogens is 1. The van der Waals surface area contributed by atoms with Crippen LogP contribution in [-0.4, -0.2) is 12.5 Å². The van der Waals surface area contributed by atoms with Crippen LogP contribution >= 0.6 is 0 Å². The van der Waals surface area contributed by atoms with Crippen LogP contribution in [-0.2, 0) is 17.8 Å². The van der Waals surface area contributed by atoms with Gasteiger partial charge in [0.1, 0.15) is 0 Å². The van der Waals surface area contributed by atoms with E-state index in [9.17, 15) is 4.79 Å². The summed E-state index contributed by atoms with van der Waals surface area (Å²) in [6.45, 7) is 1.08. The maximum atomic E-state index is 12.4. The second-order valence-corrected chi connectivity index (χ2v) is 4.73. The highest BCUT2D eigenvalue weighted by atomic mass is 35.5. The first kappa shape index (κ1) is 14.3. The van der Waals surface area contributed by atoms with Crippen LogP contribution in [0.25, 0.3) is 0 Å². The molecule has 1 aliphatic heterocycles. The fraction of sp³-hybridized carbons (Fsp3) is 0.200. The third-order valence-electron chi connectivity index (χ3n) is 3.39. The first-order valence-electron chi connectivity index (χ1n) is 6.37. The van der Waals surface area contributed by atoms with Gasteiger partial charge in [0.2, 0.25) is 6.54 Å². The van der Waals surface area contributed by atoms with E-state index in [0.29, 0.717) is 12.2 Å². The Balaban J connectivity index is 0.00000147. The lowest BCUT2D eigenvalue weighted by Gasteiger charge is -2.15. The molecule has 2 N–H and O–H groups in total. The van der Waals surface area contributed by atoms with Crippen molar-refractivity contribution in [2.75, 3.05) is 17.2 Å². The van der Waals surface area contributed by atoms with Gasteiger partial charge in [-0.1, -0.05) is 18.2 Å². The van der Waals surface area contributed by atoms with E-state index in [-0.39, 0.29) is 18.3 Å². The van der Waals surface area contributed by atoms with Gasteiger partial charge >= 0.3 is 0 Å². The number of hydrogen-bond acceptors (Lipinski definition) is 2. The number of benzene rings is 1. The molecule has 0 saturated heterocycles. The Morgan fingerprint density at radius 1 is 1.25 bits per heavy atom. The number of aromatic nitrogens is 1. The zero-order chi connectivity index (χ0) is 13.2. The zero-order valence-corrected chi connectivity index (χ0v) is 11.8. The molecule has 0 spiro atoms. The molecular formula is C15H16ClN3O. The van der Waals surface area contributed by atoms with Gasteiger partial charge in [0.15, 0.2) is 12.4 Å². The molecule has 20 heavy (non-hydrogen) atoms. The van der Waals surface area contributed by atoms with E-state index in [1.165, 1.54) is 5.56 Å². The molecule has 0 bridgehead atoms. The Labute approximate surface area is 124 Å². The summed E-state index contributed by atoms with van der Waals surface area (Å²) < 4.78 is 1.82. The first-order valence-corrected chi connectivity index (χ1v) is 6.37. The molecule has 0 saturated carbocycles. The van der Waals surface area contributed by atoms with Gasteiger partial charge in [-0.25, -0.2) is 0 Å². The van der Waals surface area contributed by atoms with Gasteiger partial charge < -0.3 is 23.0 Å². The van der Waals surface area contributed by atoms with Crippen molar-refractivity contribution in [1.29, 1.82) is 0 Å². The molecule has 2 heterocycles. The fourth-order valence-corrected chi connectivity index (χ4v) is 2.48. The molecule has 0 fully saturated rings. The summed E-state index contributed by atoms with van der Waals surface area (Å²) in [6.07, 6.45) is 4.57. The SMILES string of the molecule is Nc1ccc[n+](CC(=O)N2CCc3ccccc32)c1.[Cl-]. The molecule has 0 atom stereocenters. The van der Waals surface area contributed by atoms with Crippen LogP contribution in [0.5, 0.6) is 0 Å². The summed E-state index contributed by atoms with van der Waals surface area (Å²) in [6, 6.07) is 11.7. The van der Waals surface area contributed by atoms with Crippen LogP contribution in [0.2, 0.25) is 0 Å². The minimum atomic E-state index is 0. The maximum Gasteiger partial charge on any atom is 0.292 e. The Hall–Kier alpha value is -2.07. The summed E-state index contributed by atoms with van der Waals surface area (Å²) in [7, 11) is 0. The van der Waals surface area contributed by atoms with Crippen molar-refractivity contribution in [3.05, 3.63) is 54.4 Å². The van der Waals surface area contributed by atoms with E-state index in [1.807, 2.05) is 46.0 Å². The minimum Gasteiger partial charge on any atom is -1.00 e. The fourth-order valence-electron chi connectivity index (χ4n) is 2.48. The van der Waals surface area contributed by atoms with Gasteiger partial charge in [0.25, 0.3) is 5.91 Å². The van der Waals surface area contributed by atoms with Crippen LogP contribution in [0, 0.1) is 0 Å². The van der Waals surface area contributed by atoms with Crippen LogP contribution < -0.4 is 27.6 Å². The molecular weight excluding hydrogens is 274 g/mol. The molecule has 104 valence electrons. The highest BCUT2D eigenvalue weighted by Gasteiger charge is 2.26. The Bertz CT molecular complexity index is 630. The van der Waals surface area contributed by atoms with Gasteiger partial charge in [-0.05, 0) is 24.1 Å². The molecule has 1 amide bonds. The second kappa shape index (κ2) is 5.92. The molecule has 3 rings (SSSR count). The molecule has 2 aromatic rings. The van der Waals surface area contributed by atoms with E-state index in [0.717, 1.165) is 18.7 Å². The zero-order valence-electron chi connectivity index (χ0n) is 11.0. The van der Waals surface area contributed by atoms with Gasteiger partial charge in [-0.15, -0.1) is 0 Å². The van der Waals surface area contributed by atoms with Crippen LogP contribution in [0.15, 0.2) is 48.8 Å². The number of nitrogens with zero attached hydrogens (tertiary/aromatic N) is 2. The van der Waals surface area contributed by atoms with E-state index in [4.69, 9.17) is 5.73 Å².